The van der Waals surface area contributed by atoms with Gasteiger partial charge in [-0.15, -0.1) is 0 Å². The van der Waals surface area contributed by atoms with Crippen molar-refractivity contribution in [2.75, 3.05) is 6.54 Å². The van der Waals surface area contributed by atoms with Gasteiger partial charge in [-0.25, -0.2) is 4.98 Å². The minimum Gasteiger partial charge on any atom is -0.310 e. The number of rotatable bonds is 4. The summed E-state index contributed by atoms with van der Waals surface area (Å²) in [6.07, 6.45) is 4.23. The fourth-order valence-electron chi connectivity index (χ4n) is 3.29. The van der Waals surface area contributed by atoms with Gasteiger partial charge in [0.15, 0.2) is 0 Å². The lowest BCUT2D eigenvalue weighted by molar-refractivity contribution is 0.237. The SMILES string of the molecule is Cc1cccc(CN2CCc3c(nc(CC4CC4)[nH]c3=O)C2)n1. The number of aryl methyl sites for hydroxylation is 1. The van der Waals surface area contributed by atoms with E-state index >= 15 is 0 Å². The van der Waals surface area contributed by atoms with Crippen molar-refractivity contribution in [3.8, 4) is 0 Å². The van der Waals surface area contributed by atoms with Crippen LogP contribution in [0.4, 0.5) is 0 Å². The van der Waals surface area contributed by atoms with Gasteiger partial charge in [0, 0.05) is 37.3 Å². The highest BCUT2D eigenvalue weighted by Gasteiger charge is 2.25. The fraction of sp³-hybridized carbons (Fsp3) is 0.500. The summed E-state index contributed by atoms with van der Waals surface area (Å²) in [6, 6.07) is 6.12. The Morgan fingerprint density at radius 1 is 1.30 bits per heavy atom. The van der Waals surface area contributed by atoms with Crippen molar-refractivity contribution in [2.45, 2.75) is 45.7 Å². The Bertz CT molecular complexity index is 779. The molecule has 0 spiro atoms. The van der Waals surface area contributed by atoms with E-state index in [1.54, 1.807) is 0 Å². The van der Waals surface area contributed by atoms with Crippen molar-refractivity contribution in [3.63, 3.8) is 0 Å². The van der Waals surface area contributed by atoms with Gasteiger partial charge in [-0.2, -0.15) is 0 Å². The summed E-state index contributed by atoms with van der Waals surface area (Å²) in [5.41, 5.74) is 4.03. The molecule has 0 bridgehead atoms. The first-order chi connectivity index (χ1) is 11.2. The summed E-state index contributed by atoms with van der Waals surface area (Å²) in [6.45, 7) is 4.45. The smallest absolute Gasteiger partial charge is 0.254 e. The Kier molecular flexibility index (Phi) is 3.73. The van der Waals surface area contributed by atoms with Crippen LogP contribution in [0.1, 0.15) is 41.3 Å². The van der Waals surface area contributed by atoms with Gasteiger partial charge in [0.1, 0.15) is 5.82 Å². The number of pyridine rings is 1. The van der Waals surface area contributed by atoms with E-state index in [4.69, 9.17) is 4.98 Å². The predicted octanol–water partition coefficient (Wildman–Crippen LogP) is 1.98. The van der Waals surface area contributed by atoms with Gasteiger partial charge in [0.2, 0.25) is 0 Å². The van der Waals surface area contributed by atoms with Crippen LogP contribution in [0.25, 0.3) is 0 Å². The molecule has 1 saturated carbocycles. The molecule has 1 N–H and O–H groups in total. The van der Waals surface area contributed by atoms with Crippen molar-refractivity contribution < 1.29 is 0 Å². The number of nitrogens with zero attached hydrogens (tertiary/aromatic N) is 3. The Morgan fingerprint density at radius 2 is 2.17 bits per heavy atom. The number of aromatic amines is 1. The largest absolute Gasteiger partial charge is 0.310 e. The van der Waals surface area contributed by atoms with Gasteiger partial charge in [-0.05, 0) is 44.2 Å². The van der Waals surface area contributed by atoms with E-state index in [0.717, 1.165) is 66.9 Å². The summed E-state index contributed by atoms with van der Waals surface area (Å²) in [7, 11) is 0. The third-order valence-electron chi connectivity index (χ3n) is 4.71. The van der Waals surface area contributed by atoms with E-state index in [-0.39, 0.29) is 5.56 Å². The van der Waals surface area contributed by atoms with Gasteiger partial charge in [-0.3, -0.25) is 14.7 Å². The van der Waals surface area contributed by atoms with Gasteiger partial charge in [-0.1, -0.05) is 6.07 Å². The molecule has 0 unspecified atom stereocenters. The maximum Gasteiger partial charge on any atom is 0.254 e. The molecule has 2 aromatic heterocycles. The van der Waals surface area contributed by atoms with Crippen LogP contribution in [-0.4, -0.2) is 26.4 Å². The summed E-state index contributed by atoms with van der Waals surface area (Å²) in [5.74, 6) is 1.60. The highest BCUT2D eigenvalue weighted by Crippen LogP contribution is 2.31. The minimum absolute atomic E-state index is 0.0685. The molecular formula is C18H22N4O. The minimum atomic E-state index is 0.0685. The zero-order chi connectivity index (χ0) is 15.8. The Labute approximate surface area is 135 Å². The van der Waals surface area contributed by atoms with Gasteiger partial charge < -0.3 is 4.98 Å². The molecule has 3 heterocycles. The highest BCUT2D eigenvalue weighted by molar-refractivity contribution is 5.21. The summed E-state index contributed by atoms with van der Waals surface area (Å²) >= 11 is 0. The molecular weight excluding hydrogens is 288 g/mol. The van der Waals surface area contributed by atoms with Gasteiger partial charge in [0.05, 0.1) is 11.4 Å². The number of hydrogen-bond acceptors (Lipinski definition) is 4. The zero-order valence-electron chi connectivity index (χ0n) is 13.5. The monoisotopic (exact) mass is 310 g/mol. The fourth-order valence-corrected chi connectivity index (χ4v) is 3.29. The number of fused-ring (bicyclic) bond motifs is 1. The molecule has 120 valence electrons. The van der Waals surface area contributed by atoms with Gasteiger partial charge in [0.25, 0.3) is 5.56 Å². The topological polar surface area (TPSA) is 61.9 Å². The molecule has 1 aliphatic carbocycles. The second-order valence-electron chi connectivity index (χ2n) is 6.82. The number of nitrogens with one attached hydrogen (secondary N) is 1. The van der Waals surface area contributed by atoms with Crippen LogP contribution in [-0.2, 0) is 25.9 Å². The molecule has 5 heteroatoms. The van der Waals surface area contributed by atoms with Crippen molar-refractivity contribution in [3.05, 3.63) is 57.0 Å². The Hall–Kier alpha value is -2.01. The zero-order valence-corrected chi connectivity index (χ0v) is 13.5. The maximum atomic E-state index is 12.3. The van der Waals surface area contributed by atoms with Crippen molar-refractivity contribution >= 4 is 0 Å². The molecule has 0 amide bonds. The predicted molar refractivity (Wildman–Crippen MR) is 88.1 cm³/mol. The quantitative estimate of drug-likeness (QED) is 0.938. The molecule has 2 aliphatic rings. The van der Waals surface area contributed by atoms with E-state index in [2.05, 4.69) is 20.9 Å². The molecule has 0 aromatic carbocycles. The van der Waals surface area contributed by atoms with Crippen LogP contribution in [0, 0.1) is 12.8 Å². The third kappa shape index (κ3) is 3.34. The van der Waals surface area contributed by atoms with Crippen LogP contribution in [0.5, 0.6) is 0 Å². The first-order valence-electron chi connectivity index (χ1n) is 8.43. The molecule has 0 saturated heterocycles. The normalized spacial score (nSPS) is 18.0. The number of H-pyrrole nitrogens is 1. The van der Waals surface area contributed by atoms with Crippen molar-refractivity contribution in [1.82, 2.24) is 19.9 Å². The lowest BCUT2D eigenvalue weighted by Crippen LogP contribution is -2.35. The molecule has 5 nitrogen and oxygen atoms in total. The standard InChI is InChI=1S/C18H22N4O/c1-12-3-2-4-14(19-12)10-22-8-7-15-16(11-22)20-17(21-18(15)23)9-13-5-6-13/h2-4,13H,5-11H2,1H3,(H,20,21,23). The lowest BCUT2D eigenvalue weighted by Gasteiger charge is -2.27. The number of aromatic nitrogens is 3. The Morgan fingerprint density at radius 3 is 2.96 bits per heavy atom. The van der Waals surface area contributed by atoms with E-state index in [1.165, 1.54) is 12.8 Å². The van der Waals surface area contributed by atoms with E-state index < -0.39 is 0 Å². The lowest BCUT2D eigenvalue weighted by atomic mass is 10.1. The second-order valence-corrected chi connectivity index (χ2v) is 6.82. The average Bonchev–Trinajstić information content (AvgIpc) is 3.31. The molecule has 0 atom stereocenters. The summed E-state index contributed by atoms with van der Waals surface area (Å²) in [4.78, 5) is 26.9. The van der Waals surface area contributed by atoms with Crippen LogP contribution >= 0.6 is 0 Å². The second kappa shape index (κ2) is 5.89. The molecule has 2 aromatic rings. The van der Waals surface area contributed by atoms with Gasteiger partial charge >= 0.3 is 0 Å². The highest BCUT2D eigenvalue weighted by atomic mass is 16.1. The maximum absolute atomic E-state index is 12.3. The van der Waals surface area contributed by atoms with Crippen LogP contribution in [0.3, 0.4) is 0 Å². The van der Waals surface area contributed by atoms with E-state index in [0.29, 0.717) is 0 Å². The molecule has 1 fully saturated rings. The van der Waals surface area contributed by atoms with E-state index in [1.807, 2.05) is 19.1 Å². The van der Waals surface area contributed by atoms with Crippen molar-refractivity contribution in [1.29, 1.82) is 0 Å². The number of hydrogen-bond donors (Lipinski definition) is 1. The summed E-state index contributed by atoms with van der Waals surface area (Å²) in [5, 5.41) is 0. The first kappa shape index (κ1) is 14.6. The average molecular weight is 310 g/mol. The van der Waals surface area contributed by atoms with E-state index in [9.17, 15) is 4.79 Å². The van der Waals surface area contributed by atoms with Crippen LogP contribution in [0.15, 0.2) is 23.0 Å². The molecule has 23 heavy (non-hydrogen) atoms. The van der Waals surface area contributed by atoms with Crippen LogP contribution in [0.2, 0.25) is 0 Å². The Balaban J connectivity index is 1.53. The molecule has 4 rings (SSSR count). The van der Waals surface area contributed by atoms with Crippen molar-refractivity contribution in [2.24, 2.45) is 5.92 Å². The summed E-state index contributed by atoms with van der Waals surface area (Å²) < 4.78 is 0. The van der Waals surface area contributed by atoms with Crippen LogP contribution < -0.4 is 5.56 Å². The first-order valence-corrected chi connectivity index (χ1v) is 8.43. The third-order valence-corrected chi connectivity index (χ3v) is 4.71. The molecule has 0 radical (unpaired) electrons. The molecule has 1 aliphatic heterocycles.